The van der Waals surface area contributed by atoms with E-state index in [0.717, 1.165) is 36.4 Å². The molecule has 0 spiro atoms. The van der Waals surface area contributed by atoms with E-state index in [0.29, 0.717) is 6.54 Å². The molecule has 3 aromatic rings. The molecule has 1 unspecified atom stereocenters. The quantitative estimate of drug-likeness (QED) is 0.775. The van der Waals surface area contributed by atoms with Crippen LogP contribution in [0.4, 0.5) is 0 Å². The van der Waals surface area contributed by atoms with Crippen molar-refractivity contribution in [2.24, 2.45) is 5.92 Å². The first-order chi connectivity index (χ1) is 10.8. The average Bonchev–Trinajstić information content (AvgIpc) is 3.20. The van der Waals surface area contributed by atoms with Crippen molar-refractivity contribution in [1.82, 2.24) is 29.7 Å². The van der Waals surface area contributed by atoms with Crippen LogP contribution < -0.4 is 5.32 Å². The fraction of sp³-hybridized carbons (Fsp3) is 0.333. The van der Waals surface area contributed by atoms with Crippen LogP contribution in [0.2, 0.25) is 0 Å². The van der Waals surface area contributed by atoms with Gasteiger partial charge in [0, 0.05) is 30.8 Å². The second-order valence-electron chi connectivity index (χ2n) is 5.50. The molecule has 0 saturated heterocycles. The molecule has 4 heterocycles. The van der Waals surface area contributed by atoms with Gasteiger partial charge in [-0.1, -0.05) is 6.07 Å². The molecular formula is C15H16N6O. The van der Waals surface area contributed by atoms with Gasteiger partial charge in [0.2, 0.25) is 5.91 Å². The van der Waals surface area contributed by atoms with Crippen LogP contribution in [-0.2, 0) is 24.3 Å². The SMILES string of the molecule is O=C(NCc1cccc2ncnn12)C1CCn2nccc2C1. The maximum absolute atomic E-state index is 12.4. The van der Waals surface area contributed by atoms with Crippen LogP contribution in [0.1, 0.15) is 17.8 Å². The molecule has 1 aliphatic rings. The third kappa shape index (κ3) is 2.24. The lowest BCUT2D eigenvalue weighted by atomic mass is 9.95. The minimum Gasteiger partial charge on any atom is -0.350 e. The average molecular weight is 296 g/mol. The molecule has 0 saturated carbocycles. The van der Waals surface area contributed by atoms with Crippen molar-refractivity contribution < 1.29 is 4.79 Å². The number of pyridine rings is 1. The molecule has 7 nitrogen and oxygen atoms in total. The summed E-state index contributed by atoms with van der Waals surface area (Å²) in [5.74, 6) is 0.101. The monoisotopic (exact) mass is 296 g/mol. The van der Waals surface area contributed by atoms with Crippen LogP contribution in [0.5, 0.6) is 0 Å². The van der Waals surface area contributed by atoms with Gasteiger partial charge in [-0.05, 0) is 24.6 Å². The summed E-state index contributed by atoms with van der Waals surface area (Å²) in [5.41, 5.74) is 2.84. The fourth-order valence-electron chi connectivity index (χ4n) is 2.95. The Morgan fingerprint density at radius 3 is 3.23 bits per heavy atom. The van der Waals surface area contributed by atoms with E-state index in [1.165, 1.54) is 6.33 Å². The number of aryl methyl sites for hydroxylation is 1. The Morgan fingerprint density at radius 1 is 1.32 bits per heavy atom. The van der Waals surface area contributed by atoms with Gasteiger partial charge in [-0.2, -0.15) is 10.2 Å². The summed E-state index contributed by atoms with van der Waals surface area (Å²) in [7, 11) is 0. The van der Waals surface area contributed by atoms with E-state index in [9.17, 15) is 4.79 Å². The van der Waals surface area contributed by atoms with Crippen molar-refractivity contribution >= 4 is 11.6 Å². The van der Waals surface area contributed by atoms with E-state index in [2.05, 4.69) is 20.5 Å². The van der Waals surface area contributed by atoms with E-state index in [1.807, 2.05) is 28.9 Å². The topological polar surface area (TPSA) is 77.1 Å². The normalized spacial score (nSPS) is 17.4. The molecule has 7 heteroatoms. The molecule has 0 aromatic carbocycles. The van der Waals surface area contributed by atoms with Gasteiger partial charge in [0.25, 0.3) is 0 Å². The standard InChI is InChI=1S/C15H16N6O/c22-15(11-5-7-20-12(8-11)4-6-18-20)16-9-13-2-1-3-14-17-10-19-21(13)14/h1-4,6,10-11H,5,7-9H2,(H,16,22). The summed E-state index contributed by atoms with van der Waals surface area (Å²) in [6, 6.07) is 7.73. The highest BCUT2D eigenvalue weighted by molar-refractivity contribution is 5.79. The Morgan fingerprint density at radius 2 is 2.27 bits per heavy atom. The van der Waals surface area contributed by atoms with Gasteiger partial charge in [0.15, 0.2) is 5.65 Å². The predicted octanol–water partition coefficient (Wildman–Crippen LogP) is 0.805. The zero-order valence-electron chi connectivity index (χ0n) is 12.0. The lowest BCUT2D eigenvalue weighted by Crippen LogP contribution is -2.35. The van der Waals surface area contributed by atoms with Gasteiger partial charge in [-0.15, -0.1) is 0 Å². The first-order valence-corrected chi connectivity index (χ1v) is 7.37. The van der Waals surface area contributed by atoms with Crippen LogP contribution in [0.3, 0.4) is 0 Å². The van der Waals surface area contributed by atoms with Crippen LogP contribution >= 0.6 is 0 Å². The highest BCUT2D eigenvalue weighted by atomic mass is 16.1. The van der Waals surface area contributed by atoms with Crippen LogP contribution in [-0.4, -0.2) is 30.3 Å². The smallest absolute Gasteiger partial charge is 0.223 e. The lowest BCUT2D eigenvalue weighted by molar-refractivity contribution is -0.125. The Hall–Kier alpha value is -2.70. The number of hydrogen-bond donors (Lipinski definition) is 1. The molecule has 3 aromatic heterocycles. The molecule has 0 bridgehead atoms. The molecule has 1 amide bonds. The summed E-state index contributed by atoms with van der Waals surface area (Å²) < 4.78 is 3.72. The zero-order chi connectivity index (χ0) is 14.9. The predicted molar refractivity (Wildman–Crippen MR) is 78.9 cm³/mol. The molecule has 4 rings (SSSR count). The van der Waals surface area contributed by atoms with Crippen molar-refractivity contribution in [1.29, 1.82) is 0 Å². The number of aromatic nitrogens is 5. The highest BCUT2D eigenvalue weighted by Gasteiger charge is 2.24. The molecule has 1 atom stereocenters. The summed E-state index contributed by atoms with van der Waals surface area (Å²) in [4.78, 5) is 16.5. The molecule has 112 valence electrons. The molecule has 1 aliphatic heterocycles. The number of fused-ring (bicyclic) bond motifs is 2. The van der Waals surface area contributed by atoms with Crippen LogP contribution in [0, 0.1) is 5.92 Å². The van der Waals surface area contributed by atoms with Gasteiger partial charge in [-0.3, -0.25) is 9.48 Å². The molecular weight excluding hydrogens is 280 g/mol. The molecule has 0 radical (unpaired) electrons. The van der Waals surface area contributed by atoms with Crippen molar-refractivity contribution in [3.63, 3.8) is 0 Å². The van der Waals surface area contributed by atoms with E-state index >= 15 is 0 Å². The first-order valence-electron chi connectivity index (χ1n) is 7.37. The largest absolute Gasteiger partial charge is 0.350 e. The van der Waals surface area contributed by atoms with E-state index in [1.54, 1.807) is 10.7 Å². The van der Waals surface area contributed by atoms with Crippen molar-refractivity contribution in [3.05, 3.63) is 48.2 Å². The first kappa shape index (κ1) is 13.0. The Balaban J connectivity index is 1.44. The highest BCUT2D eigenvalue weighted by Crippen LogP contribution is 2.19. The summed E-state index contributed by atoms with van der Waals surface area (Å²) in [5, 5.41) is 11.4. The molecule has 0 fully saturated rings. The number of amides is 1. The van der Waals surface area contributed by atoms with Gasteiger partial charge < -0.3 is 5.32 Å². The summed E-state index contributed by atoms with van der Waals surface area (Å²) in [6.07, 6.45) is 4.89. The summed E-state index contributed by atoms with van der Waals surface area (Å²) in [6.45, 7) is 1.26. The second kappa shape index (κ2) is 5.25. The maximum atomic E-state index is 12.4. The number of nitrogens with one attached hydrogen (secondary N) is 1. The number of nitrogens with zero attached hydrogens (tertiary/aromatic N) is 5. The summed E-state index contributed by atoms with van der Waals surface area (Å²) >= 11 is 0. The molecule has 1 N–H and O–H groups in total. The van der Waals surface area contributed by atoms with Gasteiger partial charge in [0.1, 0.15) is 6.33 Å². The Kier molecular flexibility index (Phi) is 3.10. The third-order valence-electron chi connectivity index (χ3n) is 4.14. The van der Waals surface area contributed by atoms with E-state index in [-0.39, 0.29) is 11.8 Å². The van der Waals surface area contributed by atoms with Crippen LogP contribution in [0.25, 0.3) is 5.65 Å². The van der Waals surface area contributed by atoms with Crippen molar-refractivity contribution in [2.45, 2.75) is 25.9 Å². The maximum Gasteiger partial charge on any atom is 0.223 e. The van der Waals surface area contributed by atoms with Crippen LogP contribution in [0.15, 0.2) is 36.8 Å². The fourth-order valence-corrected chi connectivity index (χ4v) is 2.95. The van der Waals surface area contributed by atoms with Crippen molar-refractivity contribution in [2.75, 3.05) is 0 Å². The van der Waals surface area contributed by atoms with Crippen molar-refractivity contribution in [3.8, 4) is 0 Å². The lowest BCUT2D eigenvalue weighted by Gasteiger charge is -2.22. The number of carbonyl (C=O) groups is 1. The minimum absolute atomic E-state index is 0.0131. The van der Waals surface area contributed by atoms with Gasteiger partial charge in [0.05, 0.1) is 12.2 Å². The number of rotatable bonds is 3. The number of hydrogen-bond acceptors (Lipinski definition) is 4. The Labute approximate surface area is 127 Å². The van der Waals surface area contributed by atoms with Gasteiger partial charge in [-0.25, -0.2) is 9.50 Å². The Bertz CT molecular complexity index is 820. The second-order valence-corrected chi connectivity index (χ2v) is 5.50. The third-order valence-corrected chi connectivity index (χ3v) is 4.14. The van der Waals surface area contributed by atoms with Gasteiger partial charge >= 0.3 is 0 Å². The number of carbonyl (C=O) groups excluding carboxylic acids is 1. The van der Waals surface area contributed by atoms with E-state index < -0.39 is 0 Å². The molecule has 22 heavy (non-hydrogen) atoms. The van der Waals surface area contributed by atoms with E-state index in [4.69, 9.17) is 0 Å². The molecule has 0 aliphatic carbocycles. The zero-order valence-corrected chi connectivity index (χ0v) is 12.0. The minimum atomic E-state index is 0.0131.